The SMILES string of the molecule is CCN(CC)C(=O)C(C)NC(CN(C)C)C(C)C. The van der Waals surface area contributed by atoms with Crippen molar-refractivity contribution < 1.29 is 4.79 Å². The fourth-order valence-electron chi connectivity index (χ4n) is 2.05. The molecule has 2 unspecified atom stereocenters. The van der Waals surface area contributed by atoms with Gasteiger partial charge in [0, 0.05) is 25.7 Å². The number of carbonyl (C=O) groups excluding carboxylic acids is 1. The van der Waals surface area contributed by atoms with Crippen molar-refractivity contribution in [3.8, 4) is 0 Å². The molecule has 0 heterocycles. The van der Waals surface area contributed by atoms with Crippen LogP contribution >= 0.6 is 0 Å². The number of nitrogens with zero attached hydrogens (tertiary/aromatic N) is 2. The van der Waals surface area contributed by atoms with Gasteiger partial charge in [-0.15, -0.1) is 0 Å². The summed E-state index contributed by atoms with van der Waals surface area (Å²) in [5.41, 5.74) is 0. The van der Waals surface area contributed by atoms with E-state index in [0.717, 1.165) is 19.6 Å². The van der Waals surface area contributed by atoms with Crippen LogP contribution in [0.2, 0.25) is 0 Å². The maximum absolute atomic E-state index is 12.2. The normalized spacial score (nSPS) is 14.9. The zero-order valence-corrected chi connectivity index (χ0v) is 13.2. The third kappa shape index (κ3) is 5.83. The first kappa shape index (κ1) is 17.4. The van der Waals surface area contributed by atoms with Crippen molar-refractivity contribution in [2.24, 2.45) is 5.92 Å². The van der Waals surface area contributed by atoms with Gasteiger partial charge in [-0.3, -0.25) is 4.79 Å². The van der Waals surface area contributed by atoms with E-state index in [4.69, 9.17) is 0 Å². The molecule has 1 amide bonds. The summed E-state index contributed by atoms with van der Waals surface area (Å²) >= 11 is 0. The predicted molar refractivity (Wildman–Crippen MR) is 77.7 cm³/mol. The topological polar surface area (TPSA) is 35.6 Å². The Bertz CT molecular complexity index is 237. The average molecular weight is 257 g/mol. The maximum Gasteiger partial charge on any atom is 0.239 e. The van der Waals surface area contributed by atoms with Crippen molar-refractivity contribution in [1.29, 1.82) is 0 Å². The van der Waals surface area contributed by atoms with Gasteiger partial charge in [0.2, 0.25) is 5.91 Å². The van der Waals surface area contributed by atoms with E-state index >= 15 is 0 Å². The van der Waals surface area contributed by atoms with Gasteiger partial charge in [0.15, 0.2) is 0 Å². The summed E-state index contributed by atoms with van der Waals surface area (Å²) in [5.74, 6) is 0.712. The monoisotopic (exact) mass is 257 g/mol. The van der Waals surface area contributed by atoms with Crippen LogP contribution in [0.15, 0.2) is 0 Å². The van der Waals surface area contributed by atoms with Gasteiger partial charge in [-0.05, 0) is 40.8 Å². The molecule has 0 aliphatic carbocycles. The summed E-state index contributed by atoms with van der Waals surface area (Å²) in [7, 11) is 4.13. The highest BCUT2D eigenvalue weighted by atomic mass is 16.2. The van der Waals surface area contributed by atoms with Crippen molar-refractivity contribution in [2.45, 2.75) is 46.7 Å². The van der Waals surface area contributed by atoms with Gasteiger partial charge in [0.05, 0.1) is 6.04 Å². The molecule has 18 heavy (non-hydrogen) atoms. The summed E-state index contributed by atoms with van der Waals surface area (Å²) in [6.45, 7) is 12.9. The second-order valence-electron chi connectivity index (χ2n) is 5.51. The van der Waals surface area contributed by atoms with E-state index in [0.29, 0.717) is 12.0 Å². The molecular weight excluding hydrogens is 226 g/mol. The van der Waals surface area contributed by atoms with Crippen molar-refractivity contribution in [1.82, 2.24) is 15.1 Å². The number of rotatable bonds is 8. The Morgan fingerprint density at radius 3 is 1.94 bits per heavy atom. The smallest absolute Gasteiger partial charge is 0.239 e. The van der Waals surface area contributed by atoms with Crippen LogP contribution in [-0.2, 0) is 4.79 Å². The highest BCUT2D eigenvalue weighted by molar-refractivity contribution is 5.81. The third-order valence-electron chi connectivity index (χ3n) is 3.28. The quantitative estimate of drug-likeness (QED) is 0.714. The molecule has 0 aromatic carbocycles. The van der Waals surface area contributed by atoms with Gasteiger partial charge in [-0.2, -0.15) is 0 Å². The van der Waals surface area contributed by atoms with Crippen LogP contribution in [0.5, 0.6) is 0 Å². The summed E-state index contributed by atoms with van der Waals surface area (Å²) < 4.78 is 0. The number of likely N-dealkylation sites (N-methyl/N-ethyl adjacent to an activating group) is 2. The first-order chi connectivity index (χ1) is 8.33. The van der Waals surface area contributed by atoms with E-state index in [2.05, 4.69) is 38.2 Å². The maximum atomic E-state index is 12.2. The van der Waals surface area contributed by atoms with Crippen LogP contribution in [0.25, 0.3) is 0 Å². The Kier molecular flexibility index (Phi) is 8.20. The molecule has 0 rings (SSSR count). The standard InChI is InChI=1S/C14H31N3O/c1-8-17(9-2)14(18)12(5)15-13(11(3)4)10-16(6)7/h11-13,15H,8-10H2,1-7H3. The molecular formula is C14H31N3O. The lowest BCUT2D eigenvalue weighted by molar-refractivity contribution is -0.132. The Morgan fingerprint density at radius 1 is 1.11 bits per heavy atom. The van der Waals surface area contributed by atoms with Crippen molar-refractivity contribution in [3.05, 3.63) is 0 Å². The number of amides is 1. The molecule has 0 radical (unpaired) electrons. The molecule has 0 fully saturated rings. The molecule has 0 spiro atoms. The lowest BCUT2D eigenvalue weighted by Crippen LogP contribution is -2.52. The van der Waals surface area contributed by atoms with E-state index in [1.54, 1.807) is 0 Å². The Labute approximate surface area is 113 Å². The lowest BCUT2D eigenvalue weighted by atomic mass is 10.0. The molecule has 2 atom stereocenters. The van der Waals surface area contributed by atoms with Crippen LogP contribution in [-0.4, -0.2) is 61.5 Å². The predicted octanol–water partition coefficient (Wildman–Crippen LogP) is 1.42. The van der Waals surface area contributed by atoms with E-state index < -0.39 is 0 Å². The largest absolute Gasteiger partial charge is 0.342 e. The minimum Gasteiger partial charge on any atom is -0.342 e. The third-order valence-corrected chi connectivity index (χ3v) is 3.28. The second-order valence-corrected chi connectivity index (χ2v) is 5.51. The second kappa shape index (κ2) is 8.48. The molecule has 0 aromatic rings. The fraction of sp³-hybridized carbons (Fsp3) is 0.929. The van der Waals surface area contributed by atoms with Gasteiger partial charge < -0.3 is 15.1 Å². The van der Waals surface area contributed by atoms with E-state index in [1.807, 2.05) is 25.7 Å². The Morgan fingerprint density at radius 2 is 1.61 bits per heavy atom. The van der Waals surface area contributed by atoms with Crippen LogP contribution in [0.1, 0.15) is 34.6 Å². The van der Waals surface area contributed by atoms with E-state index in [-0.39, 0.29) is 11.9 Å². The average Bonchev–Trinajstić information content (AvgIpc) is 2.28. The zero-order chi connectivity index (χ0) is 14.3. The number of carbonyl (C=O) groups is 1. The summed E-state index contributed by atoms with van der Waals surface area (Å²) in [6.07, 6.45) is 0. The van der Waals surface area contributed by atoms with Crippen LogP contribution < -0.4 is 5.32 Å². The summed E-state index contributed by atoms with van der Waals surface area (Å²) in [4.78, 5) is 16.2. The van der Waals surface area contributed by atoms with E-state index in [9.17, 15) is 4.79 Å². The van der Waals surface area contributed by atoms with Crippen molar-refractivity contribution in [2.75, 3.05) is 33.7 Å². The number of nitrogens with one attached hydrogen (secondary N) is 1. The first-order valence-corrected chi connectivity index (χ1v) is 7.02. The molecule has 0 aliphatic rings. The molecule has 4 heteroatoms. The molecule has 1 N–H and O–H groups in total. The molecule has 108 valence electrons. The van der Waals surface area contributed by atoms with E-state index in [1.165, 1.54) is 0 Å². The van der Waals surface area contributed by atoms with Crippen LogP contribution in [0.4, 0.5) is 0 Å². The van der Waals surface area contributed by atoms with Gasteiger partial charge in [-0.1, -0.05) is 13.8 Å². The molecule has 4 nitrogen and oxygen atoms in total. The van der Waals surface area contributed by atoms with Crippen molar-refractivity contribution in [3.63, 3.8) is 0 Å². The van der Waals surface area contributed by atoms with Gasteiger partial charge in [0.1, 0.15) is 0 Å². The fourth-order valence-corrected chi connectivity index (χ4v) is 2.05. The van der Waals surface area contributed by atoms with Crippen LogP contribution in [0.3, 0.4) is 0 Å². The molecule has 0 saturated heterocycles. The zero-order valence-electron chi connectivity index (χ0n) is 13.2. The molecule has 0 aliphatic heterocycles. The van der Waals surface area contributed by atoms with Gasteiger partial charge >= 0.3 is 0 Å². The first-order valence-electron chi connectivity index (χ1n) is 7.02. The lowest BCUT2D eigenvalue weighted by Gasteiger charge is -2.30. The minimum absolute atomic E-state index is 0.114. The van der Waals surface area contributed by atoms with Crippen molar-refractivity contribution >= 4 is 5.91 Å². The molecule has 0 bridgehead atoms. The summed E-state index contributed by atoms with van der Waals surface area (Å²) in [6, 6.07) is 0.228. The van der Waals surface area contributed by atoms with Gasteiger partial charge in [-0.25, -0.2) is 0 Å². The highest BCUT2D eigenvalue weighted by Crippen LogP contribution is 2.05. The molecule has 0 aromatic heterocycles. The molecule has 0 saturated carbocycles. The highest BCUT2D eigenvalue weighted by Gasteiger charge is 2.23. The Hall–Kier alpha value is -0.610. The summed E-state index contributed by atoms with van der Waals surface area (Å²) in [5, 5.41) is 3.46. The van der Waals surface area contributed by atoms with Crippen LogP contribution in [0, 0.1) is 5.92 Å². The number of hydrogen-bond donors (Lipinski definition) is 1. The minimum atomic E-state index is -0.114. The number of hydrogen-bond acceptors (Lipinski definition) is 3. The van der Waals surface area contributed by atoms with Gasteiger partial charge in [0.25, 0.3) is 0 Å². The Balaban J connectivity index is 4.49.